The van der Waals surface area contributed by atoms with Crippen LogP contribution < -0.4 is 10.9 Å². The molecular formula is C21H24N4O2S. The van der Waals surface area contributed by atoms with E-state index in [9.17, 15) is 9.59 Å². The maximum atomic E-state index is 12.8. The van der Waals surface area contributed by atoms with Crippen molar-refractivity contribution in [2.75, 3.05) is 5.75 Å². The number of fused-ring (bicyclic) bond motifs is 2. The molecule has 0 fully saturated rings. The Morgan fingerprint density at radius 3 is 2.96 bits per heavy atom. The maximum Gasteiger partial charge on any atom is 0.278 e. The summed E-state index contributed by atoms with van der Waals surface area (Å²) >= 11 is 1.31. The Kier molecular flexibility index (Phi) is 5.02. The van der Waals surface area contributed by atoms with Gasteiger partial charge in [-0.1, -0.05) is 36.0 Å². The lowest BCUT2D eigenvalue weighted by atomic mass is 10.1. The van der Waals surface area contributed by atoms with E-state index < -0.39 is 0 Å². The third kappa shape index (κ3) is 3.46. The number of hydrogen-bond acceptors (Lipinski definition) is 4. The van der Waals surface area contributed by atoms with Crippen molar-refractivity contribution < 1.29 is 4.79 Å². The van der Waals surface area contributed by atoms with Crippen LogP contribution in [0.5, 0.6) is 0 Å². The van der Waals surface area contributed by atoms with Crippen molar-refractivity contribution in [2.24, 2.45) is 0 Å². The first-order valence-corrected chi connectivity index (χ1v) is 10.5. The van der Waals surface area contributed by atoms with Crippen LogP contribution in [0.4, 0.5) is 0 Å². The van der Waals surface area contributed by atoms with Crippen molar-refractivity contribution in [1.29, 1.82) is 0 Å². The van der Waals surface area contributed by atoms with Gasteiger partial charge in [0, 0.05) is 11.7 Å². The van der Waals surface area contributed by atoms with Crippen LogP contribution in [0.15, 0.2) is 40.3 Å². The number of thioether (sulfide) groups is 1. The zero-order chi connectivity index (χ0) is 19.8. The number of H-pyrrole nitrogens is 1. The lowest BCUT2D eigenvalue weighted by Crippen LogP contribution is -2.30. The van der Waals surface area contributed by atoms with Gasteiger partial charge in [0.25, 0.3) is 5.56 Å². The SMILES string of the molecule is Cc1cc2nc(SCC(=O)N[C@H]3CCc4ccccc43)n(C(C)C)c(=O)c2[nH]1. The average Bonchev–Trinajstić information content (AvgIpc) is 3.23. The number of carbonyl (C=O) groups excluding carboxylic acids is 1. The van der Waals surface area contributed by atoms with Gasteiger partial charge in [-0.25, -0.2) is 4.98 Å². The Bertz CT molecular complexity index is 1100. The normalized spacial score (nSPS) is 15.9. The first-order chi connectivity index (χ1) is 13.4. The number of nitrogens with zero attached hydrogens (tertiary/aromatic N) is 2. The van der Waals surface area contributed by atoms with Gasteiger partial charge in [0.05, 0.1) is 17.3 Å². The summed E-state index contributed by atoms with van der Waals surface area (Å²) in [6.45, 7) is 5.80. The largest absolute Gasteiger partial charge is 0.353 e. The molecule has 1 aliphatic rings. The predicted molar refractivity (Wildman–Crippen MR) is 112 cm³/mol. The number of aryl methyl sites for hydroxylation is 2. The number of benzene rings is 1. The Labute approximate surface area is 167 Å². The second-order valence-corrected chi connectivity index (χ2v) is 8.46. The monoisotopic (exact) mass is 396 g/mol. The molecule has 0 spiro atoms. The fourth-order valence-electron chi connectivity index (χ4n) is 3.82. The van der Waals surface area contributed by atoms with Gasteiger partial charge < -0.3 is 10.3 Å². The molecule has 0 saturated heterocycles. The molecule has 146 valence electrons. The van der Waals surface area contributed by atoms with Crippen molar-refractivity contribution in [3.8, 4) is 0 Å². The van der Waals surface area contributed by atoms with Crippen LogP contribution in [0.25, 0.3) is 11.0 Å². The Balaban J connectivity index is 1.52. The van der Waals surface area contributed by atoms with Crippen molar-refractivity contribution in [3.63, 3.8) is 0 Å². The molecule has 3 aromatic rings. The van der Waals surface area contributed by atoms with Gasteiger partial charge in [0.15, 0.2) is 5.16 Å². The van der Waals surface area contributed by atoms with Gasteiger partial charge in [0.2, 0.25) is 5.91 Å². The highest BCUT2D eigenvalue weighted by Gasteiger charge is 2.24. The molecule has 1 aliphatic carbocycles. The smallest absolute Gasteiger partial charge is 0.278 e. The predicted octanol–water partition coefficient (Wildman–Crippen LogP) is 3.51. The van der Waals surface area contributed by atoms with Crippen LogP contribution >= 0.6 is 11.8 Å². The molecule has 0 radical (unpaired) electrons. The number of hydrogen-bond donors (Lipinski definition) is 2. The number of amides is 1. The number of rotatable bonds is 5. The van der Waals surface area contributed by atoms with E-state index in [0.717, 1.165) is 18.5 Å². The first-order valence-electron chi connectivity index (χ1n) is 9.56. The molecular weight excluding hydrogens is 372 g/mol. The minimum atomic E-state index is -0.0965. The Morgan fingerprint density at radius 2 is 2.18 bits per heavy atom. The highest BCUT2D eigenvalue weighted by Crippen LogP contribution is 2.31. The van der Waals surface area contributed by atoms with E-state index in [2.05, 4.69) is 27.4 Å². The van der Waals surface area contributed by atoms with Gasteiger partial charge in [-0.3, -0.25) is 14.2 Å². The molecule has 0 bridgehead atoms. The molecule has 1 atom stereocenters. The molecule has 0 saturated carbocycles. The third-order valence-corrected chi connectivity index (χ3v) is 6.06. The van der Waals surface area contributed by atoms with Gasteiger partial charge in [0.1, 0.15) is 5.52 Å². The summed E-state index contributed by atoms with van der Waals surface area (Å²) in [4.78, 5) is 33.1. The molecule has 6 nitrogen and oxygen atoms in total. The third-order valence-electron chi connectivity index (χ3n) is 5.10. The standard InChI is InChI=1S/C21H24N4O2S/c1-12(2)25-20(27)19-17(10-13(3)22-19)24-21(25)28-11-18(26)23-16-9-8-14-6-4-5-7-15(14)16/h4-7,10,12,16,22H,8-9,11H2,1-3H3,(H,23,26)/t16-/m0/s1. The van der Waals surface area contributed by atoms with Gasteiger partial charge in [-0.05, 0) is 50.8 Å². The molecule has 1 amide bonds. The minimum absolute atomic E-state index is 0.0402. The van der Waals surface area contributed by atoms with E-state index in [1.54, 1.807) is 4.57 Å². The van der Waals surface area contributed by atoms with E-state index in [1.165, 1.54) is 22.9 Å². The molecule has 2 aromatic heterocycles. The molecule has 4 rings (SSSR count). The average molecular weight is 397 g/mol. The molecule has 28 heavy (non-hydrogen) atoms. The summed E-state index contributed by atoms with van der Waals surface area (Å²) in [5.41, 5.74) is 4.48. The van der Waals surface area contributed by atoms with Gasteiger partial charge in [-0.2, -0.15) is 0 Å². The second-order valence-electron chi connectivity index (χ2n) is 7.52. The summed E-state index contributed by atoms with van der Waals surface area (Å²) in [5.74, 6) is 0.189. The summed E-state index contributed by atoms with van der Waals surface area (Å²) in [6.07, 6.45) is 1.92. The maximum absolute atomic E-state index is 12.8. The Morgan fingerprint density at radius 1 is 1.39 bits per heavy atom. The number of carbonyl (C=O) groups is 1. The van der Waals surface area contributed by atoms with Crippen molar-refractivity contribution in [1.82, 2.24) is 19.9 Å². The van der Waals surface area contributed by atoms with Gasteiger partial charge >= 0.3 is 0 Å². The molecule has 2 heterocycles. The van der Waals surface area contributed by atoms with E-state index in [1.807, 2.05) is 39.0 Å². The zero-order valence-corrected chi connectivity index (χ0v) is 17.1. The topological polar surface area (TPSA) is 79.8 Å². The van der Waals surface area contributed by atoms with Crippen LogP contribution in [0, 0.1) is 6.92 Å². The molecule has 0 aliphatic heterocycles. The van der Waals surface area contributed by atoms with E-state index in [4.69, 9.17) is 0 Å². The van der Waals surface area contributed by atoms with Crippen LogP contribution in [0.1, 0.15) is 49.2 Å². The zero-order valence-electron chi connectivity index (χ0n) is 16.3. The fraction of sp³-hybridized carbons (Fsp3) is 0.381. The lowest BCUT2D eigenvalue weighted by Gasteiger charge is -2.16. The number of aromatic amines is 1. The summed E-state index contributed by atoms with van der Waals surface area (Å²) in [6, 6.07) is 10.1. The molecule has 2 N–H and O–H groups in total. The summed E-state index contributed by atoms with van der Waals surface area (Å²) in [7, 11) is 0. The number of nitrogens with one attached hydrogen (secondary N) is 2. The second kappa shape index (κ2) is 7.47. The van der Waals surface area contributed by atoms with E-state index in [-0.39, 0.29) is 29.3 Å². The quantitative estimate of drug-likeness (QED) is 0.511. The fourth-order valence-corrected chi connectivity index (χ4v) is 4.76. The van der Waals surface area contributed by atoms with E-state index in [0.29, 0.717) is 16.2 Å². The van der Waals surface area contributed by atoms with Crippen molar-refractivity contribution in [3.05, 3.63) is 57.5 Å². The number of aromatic nitrogens is 3. The summed E-state index contributed by atoms with van der Waals surface area (Å²) in [5, 5.41) is 3.71. The van der Waals surface area contributed by atoms with Crippen molar-refractivity contribution >= 4 is 28.7 Å². The van der Waals surface area contributed by atoms with Crippen molar-refractivity contribution in [2.45, 2.75) is 50.9 Å². The lowest BCUT2D eigenvalue weighted by molar-refractivity contribution is -0.119. The highest BCUT2D eigenvalue weighted by molar-refractivity contribution is 7.99. The van der Waals surface area contributed by atoms with Crippen LogP contribution in [0.3, 0.4) is 0 Å². The summed E-state index contributed by atoms with van der Waals surface area (Å²) < 4.78 is 1.65. The minimum Gasteiger partial charge on any atom is -0.353 e. The van der Waals surface area contributed by atoms with Crippen LogP contribution in [-0.2, 0) is 11.2 Å². The van der Waals surface area contributed by atoms with Gasteiger partial charge in [-0.15, -0.1) is 0 Å². The highest BCUT2D eigenvalue weighted by atomic mass is 32.2. The Hall–Kier alpha value is -2.54. The molecule has 0 unspecified atom stereocenters. The van der Waals surface area contributed by atoms with E-state index >= 15 is 0 Å². The van der Waals surface area contributed by atoms with Crippen LogP contribution in [0.2, 0.25) is 0 Å². The molecule has 1 aromatic carbocycles. The first kappa shape index (κ1) is 18.8. The van der Waals surface area contributed by atoms with Crippen LogP contribution in [-0.4, -0.2) is 26.2 Å². The molecule has 7 heteroatoms.